The molecule has 1 amide bonds. The van der Waals surface area contributed by atoms with Crippen LogP contribution in [0.5, 0.6) is 11.5 Å². The van der Waals surface area contributed by atoms with Crippen LogP contribution in [0.15, 0.2) is 89.8 Å². The number of fused-ring (bicyclic) bond motifs is 2. The van der Waals surface area contributed by atoms with Crippen LogP contribution in [0.2, 0.25) is 0 Å². The second kappa shape index (κ2) is 9.27. The summed E-state index contributed by atoms with van der Waals surface area (Å²) in [5, 5.41) is 4.70. The topological polar surface area (TPSA) is 84.9 Å². The molecule has 1 heterocycles. The number of carbonyl (C=O) groups excluding carboxylic acids is 1. The molecule has 5 rings (SSSR count). The molecule has 0 saturated carbocycles. The van der Waals surface area contributed by atoms with E-state index in [2.05, 4.69) is 5.32 Å². The van der Waals surface area contributed by atoms with Gasteiger partial charge in [-0.2, -0.15) is 0 Å². The molecule has 9 heteroatoms. The van der Waals surface area contributed by atoms with E-state index in [1.165, 1.54) is 30.3 Å². The Bertz CT molecular complexity index is 1510. The summed E-state index contributed by atoms with van der Waals surface area (Å²) in [4.78, 5) is 12.9. The number of hydrogen-bond donors (Lipinski definition) is 1. The average Bonchev–Trinajstić information content (AvgIpc) is 2.87. The number of rotatable bonds is 6. The molecule has 4 aromatic carbocycles. The molecule has 35 heavy (non-hydrogen) atoms. The Balaban J connectivity index is 1.46. The van der Waals surface area contributed by atoms with Crippen LogP contribution in [0.3, 0.4) is 0 Å². The highest BCUT2D eigenvalue weighted by Crippen LogP contribution is 2.34. The Morgan fingerprint density at radius 2 is 1.57 bits per heavy atom. The van der Waals surface area contributed by atoms with Gasteiger partial charge in [-0.15, -0.1) is 0 Å². The van der Waals surface area contributed by atoms with Gasteiger partial charge in [0.25, 0.3) is 10.0 Å². The van der Waals surface area contributed by atoms with E-state index in [0.717, 1.165) is 27.2 Å². The summed E-state index contributed by atoms with van der Waals surface area (Å²) < 4.78 is 52.7. The first-order valence-electron chi connectivity index (χ1n) is 10.9. The van der Waals surface area contributed by atoms with Crippen LogP contribution in [0.25, 0.3) is 10.8 Å². The van der Waals surface area contributed by atoms with Gasteiger partial charge in [-0.1, -0.05) is 30.3 Å². The predicted molar refractivity (Wildman–Crippen MR) is 131 cm³/mol. The van der Waals surface area contributed by atoms with Crippen molar-refractivity contribution in [3.05, 3.63) is 90.7 Å². The smallest absolute Gasteiger partial charge is 0.264 e. The number of benzene rings is 4. The standard InChI is InChI=1S/C26H21FN2O5S/c27-20-6-9-22(10-7-20)29(35(31,32)23-11-12-24-25(16-23)34-14-13-33-24)17-26(30)28-21-8-5-18-3-1-2-4-19(18)15-21/h1-12,15-16H,13-14,17H2,(H,28,30). The molecule has 1 aliphatic rings. The lowest BCUT2D eigenvalue weighted by atomic mass is 10.1. The third-order valence-corrected chi connectivity index (χ3v) is 7.31. The van der Waals surface area contributed by atoms with Crippen LogP contribution in [0.4, 0.5) is 15.8 Å². The van der Waals surface area contributed by atoms with Gasteiger partial charge < -0.3 is 14.8 Å². The van der Waals surface area contributed by atoms with Crippen LogP contribution >= 0.6 is 0 Å². The second-order valence-corrected chi connectivity index (χ2v) is 9.77. The molecule has 0 radical (unpaired) electrons. The number of carbonyl (C=O) groups is 1. The summed E-state index contributed by atoms with van der Waals surface area (Å²) in [5.41, 5.74) is 0.680. The number of anilines is 2. The van der Waals surface area contributed by atoms with Gasteiger partial charge >= 0.3 is 0 Å². The van der Waals surface area contributed by atoms with Crippen molar-refractivity contribution in [3.63, 3.8) is 0 Å². The molecule has 0 spiro atoms. The fourth-order valence-corrected chi connectivity index (χ4v) is 5.27. The van der Waals surface area contributed by atoms with Crippen LogP contribution in [0, 0.1) is 5.82 Å². The summed E-state index contributed by atoms with van der Waals surface area (Å²) >= 11 is 0. The van der Waals surface area contributed by atoms with E-state index in [4.69, 9.17) is 9.47 Å². The summed E-state index contributed by atoms with van der Waals surface area (Å²) in [6, 6.07) is 22.3. The molecule has 4 aromatic rings. The van der Waals surface area contributed by atoms with E-state index < -0.39 is 28.3 Å². The molecule has 0 unspecified atom stereocenters. The van der Waals surface area contributed by atoms with Gasteiger partial charge in [0, 0.05) is 11.8 Å². The predicted octanol–water partition coefficient (Wildman–Crippen LogP) is 4.58. The summed E-state index contributed by atoms with van der Waals surface area (Å²) in [5.74, 6) is -0.327. The lowest BCUT2D eigenvalue weighted by Crippen LogP contribution is -2.38. The van der Waals surface area contributed by atoms with Gasteiger partial charge in [-0.3, -0.25) is 9.10 Å². The molecule has 1 aliphatic heterocycles. The van der Waals surface area contributed by atoms with E-state index in [1.807, 2.05) is 36.4 Å². The molecule has 0 atom stereocenters. The van der Waals surface area contributed by atoms with Crippen molar-refractivity contribution in [1.82, 2.24) is 0 Å². The first-order valence-corrected chi connectivity index (χ1v) is 12.3. The zero-order valence-electron chi connectivity index (χ0n) is 18.5. The number of ether oxygens (including phenoxy) is 2. The van der Waals surface area contributed by atoms with Gasteiger partial charge in [-0.25, -0.2) is 12.8 Å². The van der Waals surface area contributed by atoms with Gasteiger partial charge in [0.1, 0.15) is 25.6 Å². The van der Waals surface area contributed by atoms with Crippen molar-refractivity contribution in [1.29, 1.82) is 0 Å². The normalized spacial score (nSPS) is 12.8. The van der Waals surface area contributed by atoms with Gasteiger partial charge in [0.05, 0.1) is 10.6 Å². The van der Waals surface area contributed by atoms with E-state index in [1.54, 1.807) is 6.07 Å². The third kappa shape index (κ3) is 4.76. The van der Waals surface area contributed by atoms with E-state index in [0.29, 0.717) is 30.4 Å². The largest absolute Gasteiger partial charge is 0.486 e. The molecule has 0 aromatic heterocycles. The summed E-state index contributed by atoms with van der Waals surface area (Å²) in [7, 11) is -4.21. The van der Waals surface area contributed by atoms with E-state index >= 15 is 0 Å². The fraction of sp³-hybridized carbons (Fsp3) is 0.115. The number of nitrogens with one attached hydrogen (secondary N) is 1. The third-order valence-electron chi connectivity index (χ3n) is 5.54. The zero-order valence-corrected chi connectivity index (χ0v) is 19.3. The maximum atomic E-state index is 13.6. The number of nitrogens with zero attached hydrogens (tertiary/aromatic N) is 1. The van der Waals surface area contributed by atoms with Crippen LogP contribution < -0.4 is 19.1 Å². The number of sulfonamides is 1. The first-order chi connectivity index (χ1) is 16.9. The van der Waals surface area contributed by atoms with Gasteiger partial charge in [0.2, 0.25) is 5.91 Å². The molecule has 0 fully saturated rings. The first kappa shape index (κ1) is 22.7. The Morgan fingerprint density at radius 3 is 2.34 bits per heavy atom. The Labute approximate surface area is 201 Å². The van der Waals surface area contributed by atoms with Crippen molar-refractivity contribution >= 4 is 38.1 Å². The molecule has 0 saturated heterocycles. The zero-order chi connectivity index (χ0) is 24.4. The molecule has 7 nitrogen and oxygen atoms in total. The Kier molecular flexibility index (Phi) is 6.00. The highest BCUT2D eigenvalue weighted by atomic mass is 32.2. The molecule has 1 N–H and O–H groups in total. The second-order valence-electron chi connectivity index (χ2n) is 7.90. The minimum Gasteiger partial charge on any atom is -0.486 e. The SMILES string of the molecule is O=C(CN(c1ccc(F)cc1)S(=O)(=O)c1ccc2c(c1)OCCO2)Nc1ccc2ccccc2c1. The average molecular weight is 493 g/mol. The minimum atomic E-state index is -4.21. The molecule has 178 valence electrons. The molecule has 0 aliphatic carbocycles. The maximum absolute atomic E-state index is 13.6. The van der Waals surface area contributed by atoms with Crippen LogP contribution in [0.1, 0.15) is 0 Å². The van der Waals surface area contributed by atoms with Gasteiger partial charge in [-0.05, 0) is 59.3 Å². The van der Waals surface area contributed by atoms with Gasteiger partial charge in [0.15, 0.2) is 11.5 Å². The number of hydrogen-bond acceptors (Lipinski definition) is 5. The van der Waals surface area contributed by atoms with E-state index in [9.17, 15) is 17.6 Å². The monoisotopic (exact) mass is 492 g/mol. The summed E-state index contributed by atoms with van der Waals surface area (Å²) in [6.07, 6.45) is 0. The maximum Gasteiger partial charge on any atom is 0.264 e. The molecular weight excluding hydrogens is 471 g/mol. The number of amides is 1. The van der Waals surface area contributed by atoms with Crippen molar-refractivity contribution in [2.24, 2.45) is 0 Å². The lowest BCUT2D eigenvalue weighted by molar-refractivity contribution is -0.114. The summed E-state index contributed by atoms with van der Waals surface area (Å²) in [6.45, 7) is 0.150. The number of halogens is 1. The molecular formula is C26H21FN2O5S. The van der Waals surface area contributed by atoms with Crippen molar-refractivity contribution < 1.29 is 27.1 Å². The van der Waals surface area contributed by atoms with Crippen LogP contribution in [-0.4, -0.2) is 34.1 Å². The Morgan fingerprint density at radius 1 is 0.857 bits per heavy atom. The highest BCUT2D eigenvalue weighted by Gasteiger charge is 2.29. The highest BCUT2D eigenvalue weighted by molar-refractivity contribution is 7.92. The quantitative estimate of drug-likeness (QED) is 0.426. The van der Waals surface area contributed by atoms with Crippen molar-refractivity contribution in [2.75, 3.05) is 29.4 Å². The minimum absolute atomic E-state index is 0.0791. The lowest BCUT2D eigenvalue weighted by Gasteiger charge is -2.25. The van der Waals surface area contributed by atoms with E-state index in [-0.39, 0.29) is 10.6 Å². The Hall–Kier alpha value is -4.11. The fourth-order valence-electron chi connectivity index (χ4n) is 3.83. The van der Waals surface area contributed by atoms with Crippen LogP contribution in [-0.2, 0) is 14.8 Å². The van der Waals surface area contributed by atoms with Crippen molar-refractivity contribution in [3.8, 4) is 11.5 Å². The van der Waals surface area contributed by atoms with Crippen molar-refractivity contribution in [2.45, 2.75) is 4.90 Å². The molecule has 0 bridgehead atoms.